The molecule has 0 atom stereocenters. The van der Waals surface area contributed by atoms with Crippen molar-refractivity contribution in [2.45, 2.75) is 12.7 Å². The number of hydrogen-bond acceptors (Lipinski definition) is 3. The molecule has 148 valence electrons. The van der Waals surface area contributed by atoms with E-state index in [2.05, 4.69) is 10.2 Å². The predicted octanol–water partition coefficient (Wildman–Crippen LogP) is 4.13. The number of nitrogens with zero attached hydrogens (tertiary/aromatic N) is 2. The lowest BCUT2D eigenvalue weighted by molar-refractivity contribution is -0.143. The Hall–Kier alpha value is -2.67. The molecule has 0 amide bonds. The minimum atomic E-state index is -4.43. The molecule has 1 fully saturated rings. The topological polar surface area (TPSA) is 29.4 Å². The molecule has 4 nitrogen and oxygen atoms in total. The summed E-state index contributed by atoms with van der Waals surface area (Å²) in [6.07, 6.45) is -4.43. The van der Waals surface area contributed by atoms with E-state index in [9.17, 15) is 13.2 Å². The predicted molar refractivity (Wildman–Crippen MR) is 104 cm³/mol. The summed E-state index contributed by atoms with van der Waals surface area (Å²) in [4.78, 5) is 2.15. The standard InChI is InChI=1S/C21H22F3N3O/c1-28-16-5-2-4-15(12-16)14-27-19-7-3-6-18(26-10-8-25-9-11-26)17(19)13-20(27)21(22,23)24/h2-7,12-13,25H,8-11,14H2,1H3. The zero-order chi connectivity index (χ0) is 19.7. The molecule has 0 spiro atoms. The molecule has 1 saturated heterocycles. The molecule has 3 aromatic rings. The van der Waals surface area contributed by atoms with Crippen molar-refractivity contribution in [1.82, 2.24) is 9.88 Å². The third-order valence-electron chi connectivity index (χ3n) is 5.15. The van der Waals surface area contributed by atoms with Crippen LogP contribution in [0.3, 0.4) is 0 Å². The van der Waals surface area contributed by atoms with E-state index in [1.807, 2.05) is 18.2 Å². The lowest BCUT2D eigenvalue weighted by Crippen LogP contribution is -2.43. The summed E-state index contributed by atoms with van der Waals surface area (Å²) in [5.74, 6) is 0.629. The first-order valence-corrected chi connectivity index (χ1v) is 9.25. The van der Waals surface area contributed by atoms with Crippen molar-refractivity contribution < 1.29 is 17.9 Å². The number of aromatic nitrogens is 1. The fraction of sp³-hybridized carbons (Fsp3) is 0.333. The summed E-state index contributed by atoms with van der Waals surface area (Å²) in [7, 11) is 1.55. The van der Waals surface area contributed by atoms with Crippen LogP contribution in [-0.4, -0.2) is 37.9 Å². The first-order chi connectivity index (χ1) is 13.5. The van der Waals surface area contributed by atoms with Crippen LogP contribution >= 0.6 is 0 Å². The third-order valence-corrected chi connectivity index (χ3v) is 5.15. The van der Waals surface area contributed by atoms with Gasteiger partial charge in [-0.3, -0.25) is 0 Å². The van der Waals surface area contributed by atoms with Crippen LogP contribution in [0, 0.1) is 0 Å². The molecule has 0 radical (unpaired) electrons. The minimum absolute atomic E-state index is 0.126. The maximum Gasteiger partial charge on any atom is 0.431 e. The van der Waals surface area contributed by atoms with Crippen molar-refractivity contribution >= 4 is 16.6 Å². The highest BCUT2D eigenvalue weighted by Crippen LogP contribution is 2.38. The number of anilines is 1. The van der Waals surface area contributed by atoms with Crippen molar-refractivity contribution in [3.63, 3.8) is 0 Å². The number of halogens is 3. The average molecular weight is 389 g/mol. The Morgan fingerprint density at radius 3 is 2.50 bits per heavy atom. The van der Waals surface area contributed by atoms with E-state index in [0.717, 1.165) is 37.4 Å². The van der Waals surface area contributed by atoms with Crippen molar-refractivity contribution in [2.24, 2.45) is 0 Å². The second-order valence-electron chi connectivity index (χ2n) is 6.91. The van der Waals surface area contributed by atoms with Crippen LogP contribution in [0.4, 0.5) is 18.9 Å². The van der Waals surface area contributed by atoms with E-state index in [0.29, 0.717) is 16.7 Å². The van der Waals surface area contributed by atoms with Gasteiger partial charge in [-0.2, -0.15) is 13.2 Å². The van der Waals surface area contributed by atoms with Gasteiger partial charge in [0.05, 0.1) is 12.6 Å². The number of alkyl halides is 3. The molecular formula is C21H22F3N3O. The number of ether oxygens (including phenoxy) is 1. The highest BCUT2D eigenvalue weighted by atomic mass is 19.4. The number of rotatable bonds is 4. The monoisotopic (exact) mass is 389 g/mol. The van der Waals surface area contributed by atoms with E-state index in [-0.39, 0.29) is 6.54 Å². The largest absolute Gasteiger partial charge is 0.497 e. The molecule has 1 N–H and O–H groups in total. The summed E-state index contributed by atoms with van der Waals surface area (Å²) >= 11 is 0. The number of methoxy groups -OCH3 is 1. The minimum Gasteiger partial charge on any atom is -0.497 e. The lowest BCUT2D eigenvalue weighted by Gasteiger charge is -2.30. The normalized spacial score (nSPS) is 15.2. The number of fused-ring (bicyclic) bond motifs is 1. The van der Waals surface area contributed by atoms with Gasteiger partial charge in [0.15, 0.2) is 0 Å². The van der Waals surface area contributed by atoms with Crippen molar-refractivity contribution in [3.8, 4) is 5.75 Å². The lowest BCUT2D eigenvalue weighted by atomic mass is 10.1. The molecule has 2 heterocycles. The van der Waals surface area contributed by atoms with Crippen LogP contribution in [0.15, 0.2) is 48.5 Å². The van der Waals surface area contributed by atoms with E-state index in [1.165, 1.54) is 10.6 Å². The molecule has 1 aromatic heterocycles. The van der Waals surface area contributed by atoms with Gasteiger partial charge in [0.1, 0.15) is 11.4 Å². The van der Waals surface area contributed by atoms with Gasteiger partial charge in [-0.1, -0.05) is 18.2 Å². The highest BCUT2D eigenvalue weighted by molar-refractivity contribution is 5.94. The third kappa shape index (κ3) is 3.54. The first kappa shape index (κ1) is 18.7. The summed E-state index contributed by atoms with van der Waals surface area (Å²) < 4.78 is 48.1. The van der Waals surface area contributed by atoms with Gasteiger partial charge in [-0.25, -0.2) is 0 Å². The van der Waals surface area contributed by atoms with Crippen LogP contribution in [0.1, 0.15) is 11.3 Å². The second kappa shape index (κ2) is 7.39. The molecule has 1 aliphatic rings. The average Bonchev–Trinajstić information content (AvgIpc) is 3.08. The molecule has 7 heteroatoms. The zero-order valence-electron chi connectivity index (χ0n) is 15.6. The van der Waals surface area contributed by atoms with Gasteiger partial charge >= 0.3 is 6.18 Å². The summed E-state index contributed by atoms with van der Waals surface area (Å²) in [6.45, 7) is 3.34. The Bertz CT molecular complexity index is 975. The second-order valence-corrected chi connectivity index (χ2v) is 6.91. The van der Waals surface area contributed by atoms with Crippen molar-refractivity contribution in [1.29, 1.82) is 0 Å². The van der Waals surface area contributed by atoms with Crippen LogP contribution < -0.4 is 15.0 Å². The fourth-order valence-electron chi connectivity index (χ4n) is 3.81. The molecule has 0 aliphatic carbocycles. The number of piperazine rings is 1. The van der Waals surface area contributed by atoms with Gasteiger partial charge in [0.25, 0.3) is 0 Å². The Kier molecular flexibility index (Phi) is 4.93. The number of nitrogens with one attached hydrogen (secondary N) is 1. The highest BCUT2D eigenvalue weighted by Gasteiger charge is 2.36. The Labute approximate surface area is 161 Å². The summed E-state index contributed by atoms with van der Waals surface area (Å²) in [6, 6.07) is 13.9. The molecule has 2 aromatic carbocycles. The van der Waals surface area contributed by atoms with E-state index in [1.54, 1.807) is 31.4 Å². The molecule has 28 heavy (non-hydrogen) atoms. The maximum absolute atomic E-state index is 13.8. The molecule has 0 saturated carbocycles. The SMILES string of the molecule is COc1cccc(Cn2c(C(F)(F)F)cc3c(N4CCNCC4)cccc32)c1. The first-order valence-electron chi connectivity index (χ1n) is 9.25. The molecule has 0 bridgehead atoms. The maximum atomic E-state index is 13.8. The van der Waals surface area contributed by atoms with Crippen LogP contribution in [0.5, 0.6) is 5.75 Å². The van der Waals surface area contributed by atoms with Gasteiger partial charge in [-0.05, 0) is 35.9 Å². The van der Waals surface area contributed by atoms with Crippen molar-refractivity contribution in [2.75, 3.05) is 38.2 Å². The zero-order valence-corrected chi connectivity index (χ0v) is 15.6. The number of hydrogen-bond donors (Lipinski definition) is 1. The Morgan fingerprint density at radius 2 is 1.79 bits per heavy atom. The van der Waals surface area contributed by atoms with Crippen LogP contribution in [-0.2, 0) is 12.7 Å². The molecule has 4 rings (SSSR count). The van der Waals surface area contributed by atoms with Gasteiger partial charge < -0.3 is 19.5 Å². The van der Waals surface area contributed by atoms with Gasteiger partial charge in [-0.15, -0.1) is 0 Å². The Morgan fingerprint density at radius 1 is 1.04 bits per heavy atom. The molecule has 1 aliphatic heterocycles. The van der Waals surface area contributed by atoms with E-state index >= 15 is 0 Å². The van der Waals surface area contributed by atoms with Crippen LogP contribution in [0.2, 0.25) is 0 Å². The molecular weight excluding hydrogens is 367 g/mol. The summed E-state index contributed by atoms with van der Waals surface area (Å²) in [5, 5.41) is 3.92. The quantitative estimate of drug-likeness (QED) is 0.728. The number of benzene rings is 2. The fourth-order valence-corrected chi connectivity index (χ4v) is 3.81. The van der Waals surface area contributed by atoms with Gasteiger partial charge in [0.2, 0.25) is 0 Å². The van der Waals surface area contributed by atoms with E-state index < -0.39 is 11.9 Å². The molecule has 0 unspecified atom stereocenters. The Balaban J connectivity index is 1.83. The summed E-state index contributed by atoms with van der Waals surface area (Å²) in [5.41, 5.74) is 1.57. The van der Waals surface area contributed by atoms with Gasteiger partial charge in [0, 0.05) is 43.8 Å². The van der Waals surface area contributed by atoms with Crippen LogP contribution in [0.25, 0.3) is 10.9 Å². The smallest absolute Gasteiger partial charge is 0.431 e. The van der Waals surface area contributed by atoms with E-state index in [4.69, 9.17) is 4.74 Å². The van der Waals surface area contributed by atoms with Crippen molar-refractivity contribution in [3.05, 3.63) is 59.8 Å².